The molecule has 6 nitrogen and oxygen atoms in total. The van der Waals surface area contributed by atoms with Crippen molar-refractivity contribution in [2.45, 2.75) is 19.4 Å². The Morgan fingerprint density at radius 2 is 2.24 bits per heavy atom. The third kappa shape index (κ3) is 3.95. The molecule has 21 heavy (non-hydrogen) atoms. The van der Waals surface area contributed by atoms with Gasteiger partial charge in [-0.05, 0) is 19.1 Å². The summed E-state index contributed by atoms with van der Waals surface area (Å²) in [5, 5.41) is 6.75. The molecule has 1 heterocycles. The van der Waals surface area contributed by atoms with Crippen LogP contribution >= 0.6 is 11.6 Å². The van der Waals surface area contributed by atoms with Gasteiger partial charge in [0, 0.05) is 6.42 Å². The minimum atomic E-state index is -0.488. The van der Waals surface area contributed by atoms with Crippen LogP contribution < -0.4 is 5.32 Å². The number of rotatable bonds is 5. The molecule has 2 rings (SSSR count). The largest absolute Gasteiger partial charge is 0.461 e. The summed E-state index contributed by atoms with van der Waals surface area (Å²) in [6, 6.07) is 6.76. The van der Waals surface area contributed by atoms with Crippen LogP contribution in [-0.2, 0) is 14.4 Å². The van der Waals surface area contributed by atoms with Gasteiger partial charge >= 0.3 is 5.97 Å². The topological polar surface area (TPSA) is 77.0 Å². The van der Waals surface area contributed by atoms with Crippen LogP contribution in [0.5, 0.6) is 0 Å². The number of hydrogen-bond acceptors (Lipinski definition) is 5. The molecule has 0 aromatic heterocycles. The third-order valence-electron chi connectivity index (χ3n) is 2.85. The van der Waals surface area contributed by atoms with E-state index in [-0.39, 0.29) is 30.9 Å². The molecule has 0 radical (unpaired) electrons. The lowest BCUT2D eigenvalue weighted by Crippen LogP contribution is -2.33. The average Bonchev–Trinajstić information content (AvgIpc) is 2.94. The van der Waals surface area contributed by atoms with Crippen molar-refractivity contribution in [2.75, 3.05) is 13.2 Å². The Labute approximate surface area is 127 Å². The molecule has 1 aliphatic heterocycles. The van der Waals surface area contributed by atoms with E-state index in [0.29, 0.717) is 17.0 Å². The van der Waals surface area contributed by atoms with E-state index >= 15 is 0 Å². The van der Waals surface area contributed by atoms with E-state index in [1.54, 1.807) is 31.2 Å². The Balaban J connectivity index is 1.82. The van der Waals surface area contributed by atoms with Crippen molar-refractivity contribution in [2.24, 2.45) is 5.16 Å². The van der Waals surface area contributed by atoms with Crippen molar-refractivity contribution < 1.29 is 19.2 Å². The maximum atomic E-state index is 12.0. The van der Waals surface area contributed by atoms with E-state index in [2.05, 4.69) is 10.5 Å². The minimum absolute atomic E-state index is 0.230. The van der Waals surface area contributed by atoms with Crippen molar-refractivity contribution in [3.8, 4) is 0 Å². The number of hydrogen-bond donors (Lipinski definition) is 1. The summed E-state index contributed by atoms with van der Waals surface area (Å²) in [4.78, 5) is 28.5. The van der Waals surface area contributed by atoms with E-state index < -0.39 is 5.97 Å². The molecule has 0 unspecified atom stereocenters. The quantitative estimate of drug-likeness (QED) is 0.841. The van der Waals surface area contributed by atoms with Gasteiger partial charge in [-0.15, -0.1) is 0 Å². The summed E-state index contributed by atoms with van der Waals surface area (Å²) in [6.07, 6.45) is -0.0717. The maximum absolute atomic E-state index is 12.0. The first-order chi connectivity index (χ1) is 10.1. The van der Waals surface area contributed by atoms with Crippen LogP contribution in [0.25, 0.3) is 0 Å². The Kier molecular flexibility index (Phi) is 5.16. The van der Waals surface area contributed by atoms with Crippen LogP contribution in [0.3, 0.4) is 0 Å². The predicted molar refractivity (Wildman–Crippen MR) is 77.3 cm³/mol. The van der Waals surface area contributed by atoms with Gasteiger partial charge in [0.2, 0.25) is 0 Å². The standard InChI is InChI=1S/C14H15ClN2O4/c1-2-20-14(19)12-7-9(21-17-12)8-16-13(18)10-5-3-4-6-11(10)15/h3-6,9H,2,7-8H2,1H3,(H,16,18)/t9-/m1/s1. The molecular weight excluding hydrogens is 296 g/mol. The average molecular weight is 311 g/mol. The number of ether oxygens (including phenoxy) is 1. The Morgan fingerprint density at radius 3 is 2.95 bits per heavy atom. The molecule has 0 spiro atoms. The molecule has 0 bridgehead atoms. The molecule has 0 saturated carbocycles. The highest BCUT2D eigenvalue weighted by Gasteiger charge is 2.27. The molecule has 112 valence electrons. The first-order valence-electron chi connectivity index (χ1n) is 6.54. The Hall–Kier alpha value is -2.08. The van der Waals surface area contributed by atoms with Gasteiger partial charge in [-0.1, -0.05) is 28.9 Å². The monoisotopic (exact) mass is 310 g/mol. The highest BCUT2D eigenvalue weighted by Crippen LogP contribution is 2.15. The zero-order chi connectivity index (χ0) is 15.2. The lowest BCUT2D eigenvalue weighted by Gasteiger charge is -2.10. The zero-order valence-corrected chi connectivity index (χ0v) is 12.2. The van der Waals surface area contributed by atoms with Crippen LogP contribution in [0.4, 0.5) is 0 Å². The number of halogens is 1. The van der Waals surface area contributed by atoms with Crippen molar-refractivity contribution >= 4 is 29.2 Å². The van der Waals surface area contributed by atoms with Crippen LogP contribution in [0.15, 0.2) is 29.4 Å². The van der Waals surface area contributed by atoms with Crippen molar-refractivity contribution in [3.63, 3.8) is 0 Å². The second-order valence-electron chi connectivity index (χ2n) is 4.38. The molecule has 1 aliphatic rings. The number of esters is 1. The molecule has 0 aliphatic carbocycles. The first kappa shape index (κ1) is 15.3. The fourth-order valence-corrected chi connectivity index (χ4v) is 2.04. The first-order valence-corrected chi connectivity index (χ1v) is 6.92. The zero-order valence-electron chi connectivity index (χ0n) is 11.5. The molecule has 0 saturated heterocycles. The number of nitrogens with zero attached hydrogens (tertiary/aromatic N) is 1. The molecule has 7 heteroatoms. The molecule has 1 aromatic carbocycles. The van der Waals surface area contributed by atoms with Gasteiger partial charge in [0.25, 0.3) is 5.91 Å². The van der Waals surface area contributed by atoms with Crippen LogP contribution in [0, 0.1) is 0 Å². The molecule has 1 atom stereocenters. The second kappa shape index (κ2) is 7.08. The van der Waals surface area contributed by atoms with Gasteiger partial charge in [0.1, 0.15) is 0 Å². The van der Waals surface area contributed by atoms with E-state index in [4.69, 9.17) is 21.2 Å². The van der Waals surface area contributed by atoms with Gasteiger partial charge in [0.15, 0.2) is 11.8 Å². The Morgan fingerprint density at radius 1 is 1.48 bits per heavy atom. The number of nitrogens with one attached hydrogen (secondary N) is 1. The number of carbonyl (C=O) groups excluding carboxylic acids is 2. The molecule has 1 amide bonds. The molecule has 0 fully saturated rings. The smallest absolute Gasteiger partial charge is 0.356 e. The summed E-state index contributed by atoms with van der Waals surface area (Å²) in [5.41, 5.74) is 0.623. The fraction of sp³-hybridized carbons (Fsp3) is 0.357. The summed E-state index contributed by atoms with van der Waals surface area (Å²) in [6.45, 7) is 2.23. The summed E-state index contributed by atoms with van der Waals surface area (Å²) in [7, 11) is 0. The summed E-state index contributed by atoms with van der Waals surface area (Å²) in [5.74, 6) is -0.786. The van der Waals surface area contributed by atoms with Crippen molar-refractivity contribution in [1.82, 2.24) is 5.32 Å². The van der Waals surface area contributed by atoms with Crippen LogP contribution in [0.1, 0.15) is 23.7 Å². The van der Waals surface area contributed by atoms with E-state index in [1.165, 1.54) is 0 Å². The number of amides is 1. The predicted octanol–water partition coefficient (Wildman–Crippen LogP) is 1.78. The van der Waals surface area contributed by atoms with Crippen molar-refractivity contribution in [3.05, 3.63) is 34.9 Å². The molecule has 1 N–H and O–H groups in total. The van der Waals surface area contributed by atoms with Gasteiger partial charge in [-0.25, -0.2) is 4.79 Å². The maximum Gasteiger partial charge on any atom is 0.356 e. The van der Waals surface area contributed by atoms with Gasteiger partial charge in [0.05, 0.1) is 23.7 Å². The summed E-state index contributed by atoms with van der Waals surface area (Å²) >= 11 is 5.94. The summed E-state index contributed by atoms with van der Waals surface area (Å²) < 4.78 is 4.83. The Bertz CT molecular complexity index is 574. The van der Waals surface area contributed by atoms with Gasteiger partial charge in [-0.2, -0.15) is 0 Å². The van der Waals surface area contributed by atoms with E-state index in [9.17, 15) is 9.59 Å². The SMILES string of the molecule is CCOC(=O)C1=NO[C@@H](CNC(=O)c2ccccc2Cl)C1. The van der Waals surface area contributed by atoms with Crippen LogP contribution in [-0.4, -0.2) is 36.8 Å². The highest BCUT2D eigenvalue weighted by atomic mass is 35.5. The normalized spacial score (nSPS) is 16.9. The molecule has 1 aromatic rings. The number of benzene rings is 1. The van der Waals surface area contributed by atoms with Gasteiger partial charge < -0.3 is 14.9 Å². The second-order valence-corrected chi connectivity index (χ2v) is 4.79. The number of oxime groups is 1. The third-order valence-corrected chi connectivity index (χ3v) is 3.18. The minimum Gasteiger partial charge on any atom is -0.461 e. The van der Waals surface area contributed by atoms with E-state index in [0.717, 1.165) is 0 Å². The molecular formula is C14H15ClN2O4. The van der Waals surface area contributed by atoms with E-state index in [1.807, 2.05) is 0 Å². The van der Waals surface area contributed by atoms with Crippen molar-refractivity contribution in [1.29, 1.82) is 0 Å². The highest BCUT2D eigenvalue weighted by molar-refractivity contribution is 6.36. The lowest BCUT2D eigenvalue weighted by molar-refractivity contribution is -0.135. The van der Waals surface area contributed by atoms with Gasteiger partial charge in [-0.3, -0.25) is 4.79 Å². The number of carbonyl (C=O) groups is 2. The lowest BCUT2D eigenvalue weighted by atomic mass is 10.1. The fourth-order valence-electron chi connectivity index (χ4n) is 1.82. The van der Waals surface area contributed by atoms with Crippen LogP contribution in [0.2, 0.25) is 5.02 Å².